The summed E-state index contributed by atoms with van der Waals surface area (Å²) in [5, 5.41) is 8.56. The molecule has 1 heterocycles. The first-order chi connectivity index (χ1) is 7.18. The number of hydrogen-bond donors (Lipinski definition) is 2. The van der Waals surface area contributed by atoms with Crippen LogP contribution in [0.4, 0.5) is 0 Å². The van der Waals surface area contributed by atoms with E-state index >= 15 is 0 Å². The van der Waals surface area contributed by atoms with Gasteiger partial charge in [0, 0.05) is 16.1 Å². The highest BCUT2D eigenvalue weighted by atomic mass is 79.9. The van der Waals surface area contributed by atoms with Crippen molar-refractivity contribution in [1.29, 1.82) is 0 Å². The Morgan fingerprint density at radius 2 is 2.33 bits per heavy atom. The van der Waals surface area contributed by atoms with E-state index in [1.165, 1.54) is 6.08 Å². The lowest BCUT2D eigenvalue weighted by Gasteiger charge is -1.98. The molecule has 2 rings (SSSR count). The third-order valence-corrected chi connectivity index (χ3v) is 2.66. The van der Waals surface area contributed by atoms with E-state index in [-0.39, 0.29) is 0 Å². The van der Waals surface area contributed by atoms with E-state index in [1.54, 1.807) is 6.33 Å². The normalized spacial score (nSPS) is 11.3. The number of fused-ring (bicyclic) bond motifs is 1. The number of aromatic nitrogens is 2. The predicted octanol–water partition coefficient (Wildman–Crippen LogP) is 2.42. The van der Waals surface area contributed by atoms with Crippen LogP contribution >= 0.6 is 15.9 Å². The van der Waals surface area contributed by atoms with Crippen LogP contribution in [0.25, 0.3) is 17.1 Å². The van der Waals surface area contributed by atoms with E-state index in [2.05, 4.69) is 25.9 Å². The number of hydrogen-bond acceptors (Lipinski definition) is 2. The standard InChI is InChI=1S/C10H7BrN2O2/c11-7-2-3-8-10(13-5-12-8)6(7)1-4-9(14)15/h1-5H,(H,12,13)(H,14,15). The third-order valence-electron chi connectivity index (χ3n) is 1.97. The van der Waals surface area contributed by atoms with Crippen molar-refractivity contribution in [2.75, 3.05) is 0 Å². The van der Waals surface area contributed by atoms with E-state index < -0.39 is 5.97 Å². The van der Waals surface area contributed by atoms with Crippen LogP contribution in [0.1, 0.15) is 5.56 Å². The van der Waals surface area contributed by atoms with Gasteiger partial charge in [-0.25, -0.2) is 9.78 Å². The summed E-state index contributed by atoms with van der Waals surface area (Å²) in [4.78, 5) is 17.5. The molecular weight excluding hydrogens is 260 g/mol. The molecule has 0 aliphatic carbocycles. The minimum Gasteiger partial charge on any atom is -0.478 e. The van der Waals surface area contributed by atoms with Gasteiger partial charge in [0.25, 0.3) is 0 Å². The first kappa shape index (κ1) is 9.92. The summed E-state index contributed by atoms with van der Waals surface area (Å²) < 4.78 is 0.819. The highest BCUT2D eigenvalue weighted by Crippen LogP contribution is 2.25. The molecule has 0 fully saturated rings. The molecule has 0 amide bonds. The zero-order valence-corrected chi connectivity index (χ0v) is 9.15. The van der Waals surface area contributed by atoms with Crippen LogP contribution < -0.4 is 0 Å². The van der Waals surface area contributed by atoms with Gasteiger partial charge >= 0.3 is 5.97 Å². The van der Waals surface area contributed by atoms with Crippen molar-refractivity contribution < 1.29 is 9.90 Å². The average molecular weight is 267 g/mol. The second kappa shape index (κ2) is 3.86. The van der Waals surface area contributed by atoms with Crippen LogP contribution in [0, 0.1) is 0 Å². The summed E-state index contributed by atoms with van der Waals surface area (Å²) in [5.41, 5.74) is 2.39. The number of imidazole rings is 1. The Bertz CT molecular complexity index is 545. The highest BCUT2D eigenvalue weighted by molar-refractivity contribution is 9.10. The van der Waals surface area contributed by atoms with Crippen molar-refractivity contribution in [3.05, 3.63) is 34.6 Å². The van der Waals surface area contributed by atoms with Crippen LogP contribution in [0.3, 0.4) is 0 Å². The molecule has 0 saturated carbocycles. The fourth-order valence-corrected chi connectivity index (χ4v) is 1.77. The lowest BCUT2D eigenvalue weighted by Crippen LogP contribution is -1.87. The Morgan fingerprint density at radius 1 is 1.53 bits per heavy atom. The lowest BCUT2D eigenvalue weighted by atomic mass is 10.1. The van der Waals surface area contributed by atoms with Gasteiger partial charge in [-0.2, -0.15) is 0 Å². The molecule has 0 saturated heterocycles. The summed E-state index contributed by atoms with van der Waals surface area (Å²) in [6.07, 6.45) is 4.19. The zero-order valence-electron chi connectivity index (χ0n) is 7.57. The maximum absolute atomic E-state index is 10.4. The second-order valence-electron chi connectivity index (χ2n) is 2.93. The van der Waals surface area contributed by atoms with Gasteiger partial charge in [0.1, 0.15) is 0 Å². The Balaban J connectivity index is 2.61. The second-order valence-corrected chi connectivity index (χ2v) is 3.79. The topological polar surface area (TPSA) is 66.0 Å². The molecule has 2 aromatic rings. The maximum atomic E-state index is 10.4. The molecular formula is C10H7BrN2O2. The quantitative estimate of drug-likeness (QED) is 0.821. The van der Waals surface area contributed by atoms with Crippen LogP contribution in [-0.4, -0.2) is 21.0 Å². The van der Waals surface area contributed by atoms with Crippen molar-refractivity contribution in [1.82, 2.24) is 9.97 Å². The molecule has 5 heteroatoms. The van der Waals surface area contributed by atoms with E-state index in [0.29, 0.717) is 0 Å². The molecule has 0 spiro atoms. The number of aromatic amines is 1. The molecule has 0 aliphatic rings. The lowest BCUT2D eigenvalue weighted by molar-refractivity contribution is -0.131. The monoisotopic (exact) mass is 266 g/mol. The molecule has 0 aliphatic heterocycles. The molecule has 15 heavy (non-hydrogen) atoms. The zero-order chi connectivity index (χ0) is 10.8. The highest BCUT2D eigenvalue weighted by Gasteiger charge is 2.05. The molecule has 1 aromatic heterocycles. The van der Waals surface area contributed by atoms with E-state index in [0.717, 1.165) is 27.1 Å². The molecule has 0 bridgehead atoms. The molecule has 1 aromatic carbocycles. The largest absolute Gasteiger partial charge is 0.478 e. The van der Waals surface area contributed by atoms with Gasteiger partial charge in [0.05, 0.1) is 17.4 Å². The summed E-state index contributed by atoms with van der Waals surface area (Å²) in [5.74, 6) is -0.977. The fourth-order valence-electron chi connectivity index (χ4n) is 1.32. The molecule has 2 N–H and O–H groups in total. The van der Waals surface area contributed by atoms with E-state index in [4.69, 9.17) is 5.11 Å². The van der Waals surface area contributed by atoms with Crippen molar-refractivity contribution >= 4 is 39.0 Å². The number of rotatable bonds is 2. The maximum Gasteiger partial charge on any atom is 0.328 e. The number of nitrogens with one attached hydrogen (secondary N) is 1. The Labute approximate surface area is 93.8 Å². The first-order valence-electron chi connectivity index (χ1n) is 4.21. The van der Waals surface area contributed by atoms with Crippen molar-refractivity contribution in [2.24, 2.45) is 0 Å². The van der Waals surface area contributed by atoms with Gasteiger partial charge in [0.15, 0.2) is 0 Å². The van der Waals surface area contributed by atoms with E-state index in [9.17, 15) is 4.79 Å². The number of benzene rings is 1. The van der Waals surface area contributed by atoms with Gasteiger partial charge < -0.3 is 10.1 Å². The summed E-state index contributed by atoms with van der Waals surface area (Å²) >= 11 is 3.35. The fraction of sp³-hybridized carbons (Fsp3) is 0. The van der Waals surface area contributed by atoms with Crippen LogP contribution in [0.2, 0.25) is 0 Å². The SMILES string of the molecule is O=C(O)C=Cc1c(Br)ccc2[nH]cnc12. The summed E-state index contributed by atoms with van der Waals surface area (Å²) in [6.45, 7) is 0. The number of H-pyrrole nitrogens is 1. The summed E-state index contributed by atoms with van der Waals surface area (Å²) in [6, 6.07) is 3.73. The molecule has 76 valence electrons. The molecule has 0 atom stereocenters. The number of carboxylic acids is 1. The Morgan fingerprint density at radius 3 is 3.07 bits per heavy atom. The number of nitrogens with zero attached hydrogens (tertiary/aromatic N) is 1. The number of aliphatic carboxylic acids is 1. The molecule has 0 unspecified atom stereocenters. The van der Waals surface area contributed by atoms with Crippen LogP contribution in [0.5, 0.6) is 0 Å². The van der Waals surface area contributed by atoms with Crippen molar-refractivity contribution in [3.63, 3.8) is 0 Å². The molecule has 0 radical (unpaired) electrons. The predicted molar refractivity (Wildman–Crippen MR) is 60.5 cm³/mol. The van der Waals surface area contributed by atoms with Gasteiger partial charge in [-0.05, 0) is 18.2 Å². The first-order valence-corrected chi connectivity index (χ1v) is 5.00. The minimum atomic E-state index is -0.977. The smallest absolute Gasteiger partial charge is 0.328 e. The number of carbonyl (C=O) groups is 1. The van der Waals surface area contributed by atoms with Crippen molar-refractivity contribution in [3.8, 4) is 0 Å². The number of carboxylic acid groups (broad SMARTS) is 1. The third kappa shape index (κ3) is 1.92. The van der Waals surface area contributed by atoms with Crippen LogP contribution in [0.15, 0.2) is 29.0 Å². The average Bonchev–Trinajstić information content (AvgIpc) is 2.63. The van der Waals surface area contributed by atoms with Gasteiger partial charge in [-0.1, -0.05) is 15.9 Å². The van der Waals surface area contributed by atoms with Gasteiger partial charge in [0.2, 0.25) is 0 Å². The van der Waals surface area contributed by atoms with Crippen LogP contribution in [-0.2, 0) is 4.79 Å². The van der Waals surface area contributed by atoms with Gasteiger partial charge in [-0.15, -0.1) is 0 Å². The summed E-state index contributed by atoms with van der Waals surface area (Å²) in [7, 11) is 0. The Hall–Kier alpha value is -1.62. The minimum absolute atomic E-state index is 0.752. The molecule has 4 nitrogen and oxygen atoms in total. The number of halogens is 1. The van der Waals surface area contributed by atoms with E-state index in [1.807, 2.05) is 12.1 Å². The Kier molecular flexibility index (Phi) is 2.55. The van der Waals surface area contributed by atoms with Crippen molar-refractivity contribution in [2.45, 2.75) is 0 Å². The van der Waals surface area contributed by atoms with Gasteiger partial charge in [-0.3, -0.25) is 0 Å².